The zero-order chi connectivity index (χ0) is 9.40. The third kappa shape index (κ3) is 6.14. The van der Waals surface area contributed by atoms with E-state index < -0.39 is 5.97 Å². The predicted octanol–water partition coefficient (Wildman–Crippen LogP) is 0.694. The van der Waals surface area contributed by atoms with Crippen LogP contribution in [0.15, 0.2) is 12.7 Å². The van der Waals surface area contributed by atoms with E-state index in [0.29, 0.717) is 4.43 Å². The van der Waals surface area contributed by atoms with Crippen LogP contribution in [0.2, 0.25) is 0 Å². The minimum atomic E-state index is -0.513. The topological polar surface area (TPSA) is 52.6 Å². The summed E-state index contributed by atoms with van der Waals surface area (Å²) < 4.78 is 9.48. The van der Waals surface area contributed by atoms with Gasteiger partial charge in [-0.3, -0.25) is 4.79 Å². The van der Waals surface area contributed by atoms with E-state index in [1.807, 2.05) is 22.6 Å². The molecule has 0 aliphatic heterocycles. The van der Waals surface area contributed by atoms with Crippen molar-refractivity contribution in [3.63, 3.8) is 0 Å². The number of carbonyl (C=O) groups is 2. The lowest BCUT2D eigenvalue weighted by Gasteiger charge is -2.02. The average Bonchev–Trinajstić information content (AvgIpc) is 2.11. The number of carbonyl (C=O) groups excluding carboxylic acids is 2. The Balaban J connectivity index is 3.27. The third-order valence-corrected chi connectivity index (χ3v) is 1.49. The molecule has 0 saturated carbocycles. The summed E-state index contributed by atoms with van der Waals surface area (Å²) in [5.74, 6) is -0.828. The van der Waals surface area contributed by atoms with Crippen LogP contribution in [0.5, 0.6) is 0 Å². The molecule has 0 rings (SSSR count). The van der Waals surface area contributed by atoms with Gasteiger partial charge in [0.25, 0.3) is 0 Å². The largest absolute Gasteiger partial charge is 0.461 e. The van der Waals surface area contributed by atoms with Crippen molar-refractivity contribution < 1.29 is 19.1 Å². The van der Waals surface area contributed by atoms with Gasteiger partial charge in [0.15, 0.2) is 0 Å². The van der Waals surface area contributed by atoms with Gasteiger partial charge in [-0.05, 0) is 0 Å². The number of rotatable bonds is 5. The van der Waals surface area contributed by atoms with Gasteiger partial charge in [-0.2, -0.15) is 0 Å². The Morgan fingerprint density at radius 3 is 2.42 bits per heavy atom. The maximum atomic E-state index is 10.5. The third-order valence-electron chi connectivity index (χ3n) is 0.866. The number of esters is 2. The van der Waals surface area contributed by atoms with Crippen molar-refractivity contribution in [2.24, 2.45) is 0 Å². The average molecular weight is 284 g/mol. The summed E-state index contributed by atoms with van der Waals surface area (Å²) in [5.41, 5.74) is 0. The Morgan fingerprint density at radius 2 is 1.92 bits per heavy atom. The van der Waals surface area contributed by atoms with Crippen LogP contribution < -0.4 is 0 Å². The lowest BCUT2D eigenvalue weighted by atomic mass is 10.6. The summed E-state index contributed by atoms with van der Waals surface area (Å²) in [6.07, 6.45) is 1.06. The van der Waals surface area contributed by atoms with E-state index in [1.165, 1.54) is 0 Å². The van der Waals surface area contributed by atoms with Gasteiger partial charge in [-0.15, -0.1) is 0 Å². The number of alkyl halides is 1. The number of halogens is 1. The summed E-state index contributed by atoms with van der Waals surface area (Å²) in [6, 6.07) is 0. The van der Waals surface area contributed by atoms with Crippen LogP contribution in [0.1, 0.15) is 0 Å². The Hall–Kier alpha value is -0.590. The van der Waals surface area contributed by atoms with Gasteiger partial charge < -0.3 is 9.47 Å². The van der Waals surface area contributed by atoms with E-state index in [-0.39, 0.29) is 19.2 Å². The molecule has 0 atom stereocenters. The number of hydrogen-bond donors (Lipinski definition) is 0. The van der Waals surface area contributed by atoms with Gasteiger partial charge in [-0.25, -0.2) is 4.79 Å². The Bertz CT molecular complexity index is 178. The Kier molecular flexibility index (Phi) is 6.73. The Labute approximate surface area is 84.1 Å². The van der Waals surface area contributed by atoms with E-state index in [0.717, 1.165) is 6.08 Å². The summed E-state index contributed by atoms with van der Waals surface area (Å²) >= 11 is 1.89. The monoisotopic (exact) mass is 284 g/mol. The lowest BCUT2D eigenvalue weighted by Crippen LogP contribution is -2.13. The second kappa shape index (κ2) is 7.08. The van der Waals surface area contributed by atoms with Crippen LogP contribution in [0, 0.1) is 0 Å². The molecule has 0 heterocycles. The fourth-order valence-corrected chi connectivity index (χ4v) is 0.615. The van der Waals surface area contributed by atoms with E-state index in [1.54, 1.807) is 0 Å². The summed E-state index contributed by atoms with van der Waals surface area (Å²) in [5, 5.41) is 0. The maximum Gasteiger partial charge on any atom is 0.330 e. The van der Waals surface area contributed by atoms with Crippen molar-refractivity contribution in [2.75, 3.05) is 17.6 Å². The second-order valence-corrected chi connectivity index (χ2v) is 2.49. The number of hydrogen-bond acceptors (Lipinski definition) is 4. The van der Waals surface area contributed by atoms with E-state index in [4.69, 9.17) is 0 Å². The molecule has 0 aromatic heterocycles. The first-order valence-electron chi connectivity index (χ1n) is 3.21. The van der Waals surface area contributed by atoms with Crippen molar-refractivity contribution in [2.45, 2.75) is 0 Å². The zero-order valence-electron chi connectivity index (χ0n) is 6.42. The van der Waals surface area contributed by atoms with E-state index in [2.05, 4.69) is 16.1 Å². The quantitative estimate of drug-likeness (QED) is 0.245. The molecule has 0 aliphatic carbocycles. The molecule has 0 spiro atoms. The fraction of sp³-hybridized carbons (Fsp3) is 0.429. The van der Waals surface area contributed by atoms with Crippen molar-refractivity contribution in [1.29, 1.82) is 0 Å². The van der Waals surface area contributed by atoms with Crippen LogP contribution in [0.3, 0.4) is 0 Å². The SMILES string of the molecule is C=CC(=O)OCCOC(=O)CI. The second-order valence-electron chi connectivity index (χ2n) is 1.73. The lowest BCUT2D eigenvalue weighted by molar-refractivity contribution is -0.147. The van der Waals surface area contributed by atoms with Crippen molar-refractivity contribution in [3.8, 4) is 0 Å². The fourth-order valence-electron chi connectivity index (χ4n) is 0.395. The Morgan fingerprint density at radius 1 is 1.33 bits per heavy atom. The highest BCUT2D eigenvalue weighted by atomic mass is 127. The van der Waals surface area contributed by atoms with Crippen LogP contribution in [-0.2, 0) is 19.1 Å². The number of ether oxygens (including phenoxy) is 2. The minimum absolute atomic E-state index is 0.0766. The molecule has 0 bridgehead atoms. The van der Waals surface area contributed by atoms with Crippen molar-refractivity contribution >= 4 is 34.5 Å². The van der Waals surface area contributed by atoms with Crippen LogP contribution in [0.4, 0.5) is 0 Å². The zero-order valence-corrected chi connectivity index (χ0v) is 8.57. The van der Waals surface area contributed by atoms with Crippen LogP contribution >= 0.6 is 22.6 Å². The first kappa shape index (κ1) is 11.4. The molecule has 68 valence electrons. The first-order valence-corrected chi connectivity index (χ1v) is 4.74. The molecule has 0 unspecified atom stereocenters. The van der Waals surface area contributed by atoms with Crippen LogP contribution in [0.25, 0.3) is 0 Å². The standard InChI is InChI=1S/C7H9IO4/c1-2-6(9)11-3-4-12-7(10)5-8/h2H,1,3-5H2. The van der Waals surface area contributed by atoms with Gasteiger partial charge in [0, 0.05) is 6.08 Å². The highest BCUT2D eigenvalue weighted by Gasteiger charge is 1.99. The van der Waals surface area contributed by atoms with Gasteiger partial charge in [0.2, 0.25) is 0 Å². The molecule has 0 aromatic carbocycles. The first-order chi connectivity index (χ1) is 5.70. The molecule has 12 heavy (non-hydrogen) atoms. The molecule has 0 amide bonds. The normalized spacial score (nSPS) is 8.75. The molecule has 5 heteroatoms. The highest BCUT2D eigenvalue weighted by molar-refractivity contribution is 14.1. The van der Waals surface area contributed by atoms with E-state index in [9.17, 15) is 9.59 Å². The molecule has 0 fully saturated rings. The molecule has 0 radical (unpaired) electrons. The van der Waals surface area contributed by atoms with E-state index >= 15 is 0 Å². The smallest absolute Gasteiger partial charge is 0.330 e. The predicted molar refractivity (Wildman–Crippen MR) is 51.0 cm³/mol. The molecule has 4 nitrogen and oxygen atoms in total. The highest BCUT2D eigenvalue weighted by Crippen LogP contribution is 1.87. The summed E-state index contributed by atoms with van der Waals surface area (Å²) in [4.78, 5) is 21.0. The molecular weight excluding hydrogens is 275 g/mol. The summed E-state index contributed by atoms with van der Waals surface area (Å²) in [6.45, 7) is 3.38. The molecular formula is C7H9IO4. The van der Waals surface area contributed by atoms with Crippen molar-refractivity contribution in [3.05, 3.63) is 12.7 Å². The van der Waals surface area contributed by atoms with Gasteiger partial charge in [-0.1, -0.05) is 29.2 Å². The van der Waals surface area contributed by atoms with Gasteiger partial charge in [0.05, 0.1) is 4.43 Å². The molecule has 0 aliphatic rings. The van der Waals surface area contributed by atoms with Crippen molar-refractivity contribution in [1.82, 2.24) is 0 Å². The molecule has 0 saturated heterocycles. The van der Waals surface area contributed by atoms with Crippen LogP contribution in [-0.4, -0.2) is 29.6 Å². The minimum Gasteiger partial charge on any atom is -0.461 e. The molecule has 0 aromatic rings. The maximum absolute atomic E-state index is 10.5. The van der Waals surface area contributed by atoms with Gasteiger partial charge in [0.1, 0.15) is 13.2 Å². The van der Waals surface area contributed by atoms with Gasteiger partial charge >= 0.3 is 11.9 Å². The summed E-state index contributed by atoms with van der Waals surface area (Å²) in [7, 11) is 0. The molecule has 0 N–H and O–H groups in total.